The number of rotatable bonds is 5. The van der Waals surface area contributed by atoms with Gasteiger partial charge in [-0.05, 0) is 49.6 Å². The van der Waals surface area contributed by atoms with Gasteiger partial charge in [-0.15, -0.1) is 11.8 Å². The normalized spacial score (nSPS) is 14.2. The van der Waals surface area contributed by atoms with E-state index in [1.165, 1.54) is 28.7 Å². The van der Waals surface area contributed by atoms with Gasteiger partial charge in [0.2, 0.25) is 5.91 Å². The molecule has 156 valence electrons. The van der Waals surface area contributed by atoms with E-state index in [0.29, 0.717) is 4.80 Å². The number of amides is 2. The molecule has 0 radical (unpaired) electrons. The van der Waals surface area contributed by atoms with Crippen molar-refractivity contribution >= 4 is 66.7 Å². The van der Waals surface area contributed by atoms with Gasteiger partial charge < -0.3 is 9.47 Å². The number of aromatic nitrogens is 1. The van der Waals surface area contributed by atoms with Crippen molar-refractivity contribution in [3.8, 4) is 0 Å². The maximum atomic E-state index is 12.7. The molecule has 0 spiro atoms. The van der Waals surface area contributed by atoms with Crippen molar-refractivity contribution in [1.82, 2.24) is 4.57 Å². The van der Waals surface area contributed by atoms with E-state index in [1.54, 1.807) is 0 Å². The van der Waals surface area contributed by atoms with Gasteiger partial charge in [0, 0.05) is 23.2 Å². The Morgan fingerprint density at radius 3 is 2.87 bits per heavy atom. The summed E-state index contributed by atoms with van der Waals surface area (Å²) in [4.78, 5) is 32.0. The summed E-state index contributed by atoms with van der Waals surface area (Å²) >= 11 is 6.33. The maximum Gasteiger partial charge on any atom is 0.258 e. The molecule has 4 rings (SSSR count). The van der Waals surface area contributed by atoms with Crippen LogP contribution in [0.5, 0.6) is 0 Å². The molecule has 2 heterocycles. The Morgan fingerprint density at radius 1 is 1.20 bits per heavy atom. The van der Waals surface area contributed by atoms with Crippen LogP contribution in [-0.2, 0) is 22.6 Å². The van der Waals surface area contributed by atoms with E-state index >= 15 is 0 Å². The first-order valence-electron chi connectivity index (χ1n) is 9.89. The van der Waals surface area contributed by atoms with E-state index in [0.717, 1.165) is 46.3 Å². The summed E-state index contributed by atoms with van der Waals surface area (Å²) in [5.74, 6) is 0.320. The Kier molecular flexibility index (Phi) is 6.75. The van der Waals surface area contributed by atoms with Crippen LogP contribution in [0.2, 0.25) is 0 Å². The van der Waals surface area contributed by atoms with Crippen LogP contribution in [0.1, 0.15) is 18.9 Å². The molecule has 1 aliphatic rings. The molecule has 3 aromatic rings. The van der Waals surface area contributed by atoms with Crippen molar-refractivity contribution in [2.24, 2.45) is 4.99 Å². The van der Waals surface area contributed by atoms with E-state index in [2.05, 4.69) is 27.0 Å². The Bertz CT molecular complexity index is 1170. The monoisotopic (exact) mass is 503 g/mol. The Hall–Kier alpha value is -1.90. The van der Waals surface area contributed by atoms with Crippen molar-refractivity contribution in [2.45, 2.75) is 26.3 Å². The minimum absolute atomic E-state index is 0.0512. The molecule has 30 heavy (non-hydrogen) atoms. The largest absolute Gasteiger partial charge is 0.317 e. The first-order valence-corrected chi connectivity index (χ1v) is 12.7. The molecule has 5 nitrogen and oxygen atoms in total. The smallest absolute Gasteiger partial charge is 0.258 e. The molecule has 0 fully saturated rings. The molecule has 1 aliphatic heterocycles. The molecule has 0 unspecified atom stereocenters. The lowest BCUT2D eigenvalue weighted by molar-refractivity contribution is -0.116. The molecule has 1 aromatic heterocycles. The first kappa shape index (κ1) is 21.3. The number of anilines is 1. The van der Waals surface area contributed by atoms with E-state index in [4.69, 9.17) is 0 Å². The lowest BCUT2D eigenvalue weighted by Gasteiger charge is -2.29. The van der Waals surface area contributed by atoms with Gasteiger partial charge in [-0.1, -0.05) is 45.5 Å². The van der Waals surface area contributed by atoms with E-state index < -0.39 is 0 Å². The zero-order valence-electron chi connectivity index (χ0n) is 16.6. The topological polar surface area (TPSA) is 54.7 Å². The standard InChI is InChI=1S/C22H22BrN3O2S2/c1-2-25-18-10-9-16(23)12-19(18)30-22(25)24-20(27)13-29-14-21(28)26-11-5-7-15-6-3-4-8-17(15)26/h3-4,6,8-10,12H,2,5,7,11,13-14H2,1H3. The van der Waals surface area contributed by atoms with Gasteiger partial charge >= 0.3 is 0 Å². The van der Waals surface area contributed by atoms with Crippen LogP contribution in [0.15, 0.2) is 51.9 Å². The van der Waals surface area contributed by atoms with Gasteiger partial charge in [0.25, 0.3) is 5.91 Å². The van der Waals surface area contributed by atoms with Crippen molar-refractivity contribution in [3.05, 3.63) is 57.3 Å². The van der Waals surface area contributed by atoms with E-state index in [1.807, 2.05) is 52.8 Å². The fourth-order valence-corrected chi connectivity index (χ4v) is 6.01. The Labute approximate surface area is 191 Å². The number of carbonyl (C=O) groups excluding carboxylic acids is 2. The third-order valence-electron chi connectivity index (χ3n) is 5.04. The molecular formula is C22H22BrN3O2S2. The maximum absolute atomic E-state index is 12.7. The fraction of sp³-hybridized carbons (Fsp3) is 0.318. The summed E-state index contributed by atoms with van der Waals surface area (Å²) < 4.78 is 4.14. The predicted molar refractivity (Wildman–Crippen MR) is 128 cm³/mol. The fourth-order valence-electron chi connectivity index (χ4n) is 3.67. The Morgan fingerprint density at radius 2 is 2.03 bits per heavy atom. The number of thioether (sulfide) groups is 1. The Balaban J connectivity index is 1.41. The predicted octanol–water partition coefficient (Wildman–Crippen LogP) is 4.63. The lowest BCUT2D eigenvalue weighted by Crippen LogP contribution is -2.36. The molecule has 0 saturated heterocycles. The van der Waals surface area contributed by atoms with Gasteiger partial charge in [0.05, 0.1) is 21.7 Å². The first-order chi connectivity index (χ1) is 14.6. The average Bonchev–Trinajstić information content (AvgIpc) is 3.08. The van der Waals surface area contributed by atoms with Crippen LogP contribution in [-0.4, -0.2) is 34.4 Å². The number of para-hydroxylation sites is 1. The summed E-state index contributed by atoms with van der Waals surface area (Å²) in [5.41, 5.74) is 3.29. The highest BCUT2D eigenvalue weighted by atomic mass is 79.9. The van der Waals surface area contributed by atoms with Gasteiger partial charge in [-0.25, -0.2) is 0 Å². The number of thiazole rings is 1. The third kappa shape index (κ3) is 4.55. The van der Waals surface area contributed by atoms with Gasteiger partial charge in [-0.3, -0.25) is 9.59 Å². The molecule has 2 aromatic carbocycles. The van der Waals surface area contributed by atoms with Crippen molar-refractivity contribution in [2.75, 3.05) is 23.0 Å². The second-order valence-electron chi connectivity index (χ2n) is 7.02. The second kappa shape index (κ2) is 9.49. The van der Waals surface area contributed by atoms with Crippen LogP contribution in [0, 0.1) is 0 Å². The van der Waals surface area contributed by atoms with Crippen LogP contribution in [0.4, 0.5) is 5.69 Å². The molecule has 0 saturated carbocycles. The summed E-state index contributed by atoms with van der Waals surface area (Å²) in [6.45, 7) is 3.53. The lowest BCUT2D eigenvalue weighted by atomic mass is 10.0. The number of hydrogen-bond acceptors (Lipinski definition) is 4. The van der Waals surface area contributed by atoms with Gasteiger partial charge in [0.1, 0.15) is 0 Å². The third-order valence-corrected chi connectivity index (χ3v) is 7.48. The average molecular weight is 504 g/mol. The quantitative estimate of drug-likeness (QED) is 0.510. The minimum atomic E-state index is -0.209. The molecular weight excluding hydrogens is 482 g/mol. The number of carbonyl (C=O) groups is 2. The zero-order valence-corrected chi connectivity index (χ0v) is 19.9. The highest BCUT2D eigenvalue weighted by molar-refractivity contribution is 9.10. The van der Waals surface area contributed by atoms with Gasteiger partial charge in [-0.2, -0.15) is 4.99 Å². The summed E-state index contributed by atoms with van der Waals surface area (Å²) in [6.07, 6.45) is 1.98. The van der Waals surface area contributed by atoms with Crippen LogP contribution < -0.4 is 9.70 Å². The van der Waals surface area contributed by atoms with E-state index in [9.17, 15) is 9.59 Å². The zero-order chi connectivity index (χ0) is 21.1. The van der Waals surface area contributed by atoms with Gasteiger partial charge in [0.15, 0.2) is 4.80 Å². The van der Waals surface area contributed by atoms with Crippen molar-refractivity contribution in [3.63, 3.8) is 0 Å². The highest BCUT2D eigenvalue weighted by Gasteiger charge is 2.22. The summed E-state index contributed by atoms with van der Waals surface area (Å²) in [6, 6.07) is 14.1. The van der Waals surface area contributed by atoms with Crippen LogP contribution in [0.3, 0.4) is 0 Å². The van der Waals surface area contributed by atoms with Crippen LogP contribution in [0.25, 0.3) is 10.2 Å². The van der Waals surface area contributed by atoms with E-state index in [-0.39, 0.29) is 23.3 Å². The van der Waals surface area contributed by atoms with Crippen molar-refractivity contribution < 1.29 is 9.59 Å². The number of aryl methyl sites for hydroxylation is 2. The number of halogens is 1. The highest BCUT2D eigenvalue weighted by Crippen LogP contribution is 2.27. The van der Waals surface area contributed by atoms with Crippen molar-refractivity contribution in [1.29, 1.82) is 0 Å². The number of nitrogens with zero attached hydrogens (tertiary/aromatic N) is 3. The number of hydrogen-bond donors (Lipinski definition) is 0. The minimum Gasteiger partial charge on any atom is -0.317 e. The number of benzene rings is 2. The molecule has 0 N–H and O–H groups in total. The molecule has 8 heteroatoms. The molecule has 0 bridgehead atoms. The van der Waals surface area contributed by atoms with Crippen LogP contribution >= 0.6 is 39.0 Å². The SMILES string of the molecule is CCn1c(=NC(=O)CSCC(=O)N2CCCc3ccccc32)sc2cc(Br)ccc21. The summed E-state index contributed by atoms with van der Waals surface area (Å²) in [5, 5.41) is 0. The second-order valence-corrected chi connectivity index (χ2v) is 9.93. The summed E-state index contributed by atoms with van der Waals surface area (Å²) in [7, 11) is 0. The molecule has 0 aliphatic carbocycles. The number of fused-ring (bicyclic) bond motifs is 2. The molecule has 2 amide bonds. The molecule has 0 atom stereocenters.